The number of benzene rings is 1. The monoisotopic (exact) mass is 952 g/mol. The normalized spacial score (nSPS) is 15.9. The van der Waals surface area contributed by atoms with Gasteiger partial charge < -0.3 is 79.5 Å². The number of amides is 9. The van der Waals surface area contributed by atoms with Crippen LogP contribution in [0.4, 0.5) is 0 Å². The van der Waals surface area contributed by atoms with Crippen LogP contribution in [-0.2, 0) is 59.2 Å². The van der Waals surface area contributed by atoms with Crippen LogP contribution >= 0.6 is 0 Å². The number of hydrogen-bond acceptors (Lipinski definition) is 15. The fourth-order valence-electron chi connectivity index (χ4n) is 5.94. The third kappa shape index (κ3) is 19.6. The molecule has 0 fully saturated rings. The smallest absolute Gasteiger partial charge is 0.326 e. The molecule has 0 bridgehead atoms. The molecule has 0 aliphatic heterocycles. The SMILES string of the molecule is CC[C@H](C)[C@H](NC(=O)[C@H](CO)NC(=O)[C@H](CO)NC(=O)[C@H](CC(=O)O)NC(=O)[C@H](C)NC(=O)[C@H](CC(N)=O)NC(=O)[C@@H](NC(=O)[C@H](Cc1ccc(O)cc1)NC(=O)[C@H](C)N)[C@@H](C)CC)C(=O)O. The first-order valence-electron chi connectivity index (χ1n) is 21.2. The number of nitrogens with two attached hydrogens (primary N) is 2. The standard InChI is InChI=1S/C41H64N10O16/c1-7-18(3)31(50-37(62)24(45-33(58)20(5)42)13-22-9-11-23(54)12-10-22)40(65)47-25(14-29(43)55)35(60)44-21(6)34(59)46-26(15-30(56)57)36(61)48-27(16-52)38(63)49-28(17-53)39(64)51-32(41(66)67)19(4)8-2/h9-12,18-21,24-28,31-32,52-54H,7-8,13-17,42H2,1-6H3,(H2,43,55)(H,44,60)(H,45,58)(H,46,59)(H,47,65)(H,48,61)(H,49,63)(H,50,62)(H,51,64)(H,56,57)(H,66,67)/t18-,19-,20-,21-,24-,25-,26-,27-,28-,31-,32-/m0/s1. The van der Waals surface area contributed by atoms with Crippen LogP contribution in [-0.4, -0.2) is 158 Å². The summed E-state index contributed by atoms with van der Waals surface area (Å²) >= 11 is 0. The summed E-state index contributed by atoms with van der Waals surface area (Å²) in [5, 5.41) is 66.2. The van der Waals surface area contributed by atoms with Crippen LogP contribution < -0.4 is 54.0 Å². The lowest BCUT2D eigenvalue weighted by molar-refractivity contribution is -0.144. The highest BCUT2D eigenvalue weighted by atomic mass is 16.4. The number of carboxylic acid groups (broad SMARTS) is 2. The number of carboxylic acids is 2. The molecule has 67 heavy (non-hydrogen) atoms. The lowest BCUT2D eigenvalue weighted by Gasteiger charge is -2.29. The third-order valence-corrected chi connectivity index (χ3v) is 10.4. The Bertz CT molecular complexity index is 1930. The van der Waals surface area contributed by atoms with Crippen molar-refractivity contribution in [3.63, 3.8) is 0 Å². The molecule has 26 heteroatoms. The van der Waals surface area contributed by atoms with E-state index < -0.39 is 157 Å². The second kappa shape index (κ2) is 28.2. The summed E-state index contributed by atoms with van der Waals surface area (Å²) in [5.74, 6) is -14.0. The Hall–Kier alpha value is -6.93. The number of aliphatic hydroxyl groups excluding tert-OH is 2. The number of phenols is 1. The van der Waals surface area contributed by atoms with E-state index in [1.165, 1.54) is 38.1 Å². The predicted molar refractivity (Wildman–Crippen MR) is 233 cm³/mol. The number of primary amides is 1. The quantitative estimate of drug-likeness (QED) is 0.0357. The first-order valence-corrected chi connectivity index (χ1v) is 21.2. The molecule has 17 N–H and O–H groups in total. The number of carbonyl (C=O) groups is 11. The Morgan fingerprint density at radius 1 is 0.522 bits per heavy atom. The molecule has 1 rings (SSSR count). The second-order valence-electron chi connectivity index (χ2n) is 15.9. The van der Waals surface area contributed by atoms with Gasteiger partial charge in [-0.25, -0.2) is 4.79 Å². The van der Waals surface area contributed by atoms with Gasteiger partial charge >= 0.3 is 11.9 Å². The van der Waals surface area contributed by atoms with Gasteiger partial charge in [0.25, 0.3) is 0 Å². The van der Waals surface area contributed by atoms with E-state index in [9.17, 15) is 78.3 Å². The number of phenolic OH excluding ortho intramolecular Hbond substituents is 1. The maximum Gasteiger partial charge on any atom is 0.326 e. The Morgan fingerprint density at radius 2 is 0.925 bits per heavy atom. The molecule has 1 aromatic carbocycles. The van der Waals surface area contributed by atoms with Gasteiger partial charge in [-0.2, -0.15) is 0 Å². The van der Waals surface area contributed by atoms with Crippen molar-refractivity contribution < 1.29 is 78.3 Å². The highest BCUT2D eigenvalue weighted by Gasteiger charge is 2.36. The van der Waals surface area contributed by atoms with Gasteiger partial charge in [0.05, 0.1) is 32.1 Å². The van der Waals surface area contributed by atoms with Crippen LogP contribution in [0.1, 0.15) is 72.8 Å². The average Bonchev–Trinajstić information content (AvgIpc) is 3.26. The largest absolute Gasteiger partial charge is 0.508 e. The highest BCUT2D eigenvalue weighted by molar-refractivity contribution is 5.99. The first kappa shape index (κ1) is 58.1. The van der Waals surface area contributed by atoms with Crippen LogP contribution in [0.3, 0.4) is 0 Å². The van der Waals surface area contributed by atoms with E-state index in [1.807, 2.05) is 10.6 Å². The Balaban J connectivity index is 3.21. The number of rotatable bonds is 29. The number of aromatic hydroxyl groups is 1. The summed E-state index contributed by atoms with van der Waals surface area (Å²) in [6.07, 6.45) is -1.40. The first-order chi connectivity index (χ1) is 31.3. The average molecular weight is 953 g/mol. The fraction of sp³-hybridized carbons (Fsp3) is 0.585. The number of carbonyl (C=O) groups excluding carboxylic acids is 9. The van der Waals surface area contributed by atoms with E-state index in [0.29, 0.717) is 18.4 Å². The molecule has 9 amide bonds. The number of aliphatic carboxylic acids is 2. The summed E-state index contributed by atoms with van der Waals surface area (Å²) in [4.78, 5) is 141. The molecule has 0 radical (unpaired) electrons. The zero-order chi connectivity index (χ0) is 51.3. The van der Waals surface area contributed by atoms with Crippen molar-refractivity contribution in [1.29, 1.82) is 0 Å². The van der Waals surface area contributed by atoms with Crippen LogP contribution in [0.25, 0.3) is 0 Å². The molecule has 374 valence electrons. The van der Waals surface area contributed by atoms with E-state index in [4.69, 9.17) is 11.5 Å². The van der Waals surface area contributed by atoms with Gasteiger partial charge in [-0.3, -0.25) is 47.9 Å². The van der Waals surface area contributed by atoms with Crippen molar-refractivity contribution in [1.82, 2.24) is 42.5 Å². The fourth-order valence-corrected chi connectivity index (χ4v) is 5.94. The maximum absolute atomic E-state index is 13.8. The van der Waals surface area contributed by atoms with Gasteiger partial charge in [-0.1, -0.05) is 52.7 Å². The third-order valence-electron chi connectivity index (χ3n) is 10.4. The van der Waals surface area contributed by atoms with E-state index in [-0.39, 0.29) is 12.2 Å². The summed E-state index contributed by atoms with van der Waals surface area (Å²) in [5.41, 5.74) is 11.6. The van der Waals surface area contributed by atoms with Gasteiger partial charge in [-0.05, 0) is 43.4 Å². The van der Waals surface area contributed by atoms with Gasteiger partial charge in [-0.15, -0.1) is 0 Å². The highest BCUT2D eigenvalue weighted by Crippen LogP contribution is 2.14. The lowest BCUT2D eigenvalue weighted by Crippen LogP contribution is -2.61. The van der Waals surface area contributed by atoms with E-state index in [2.05, 4.69) is 31.9 Å². The van der Waals surface area contributed by atoms with E-state index in [0.717, 1.165) is 6.92 Å². The minimum absolute atomic E-state index is 0.0543. The van der Waals surface area contributed by atoms with Crippen LogP contribution in [0.5, 0.6) is 5.75 Å². The summed E-state index contributed by atoms with van der Waals surface area (Å²) in [6, 6.07) is -8.41. The topological polar surface area (TPSA) is 437 Å². The maximum atomic E-state index is 13.8. The zero-order valence-electron chi connectivity index (χ0n) is 38.0. The molecule has 0 spiro atoms. The molecule has 0 saturated carbocycles. The lowest BCUT2D eigenvalue weighted by atomic mass is 9.96. The predicted octanol–water partition coefficient (Wildman–Crippen LogP) is -5.31. The Kier molecular flexibility index (Phi) is 24.4. The Morgan fingerprint density at radius 3 is 1.39 bits per heavy atom. The van der Waals surface area contributed by atoms with Gasteiger partial charge in [0.2, 0.25) is 53.2 Å². The van der Waals surface area contributed by atoms with Crippen molar-refractivity contribution in [3.8, 4) is 5.75 Å². The number of aliphatic hydroxyl groups is 2. The van der Waals surface area contributed by atoms with Crippen molar-refractivity contribution in [3.05, 3.63) is 29.8 Å². The van der Waals surface area contributed by atoms with Crippen LogP contribution in [0, 0.1) is 11.8 Å². The van der Waals surface area contributed by atoms with Crippen LogP contribution in [0.15, 0.2) is 24.3 Å². The summed E-state index contributed by atoms with van der Waals surface area (Å²) in [7, 11) is 0. The summed E-state index contributed by atoms with van der Waals surface area (Å²) < 4.78 is 0. The summed E-state index contributed by atoms with van der Waals surface area (Å²) in [6.45, 7) is 6.75. The second-order valence-corrected chi connectivity index (χ2v) is 15.9. The molecule has 0 saturated heterocycles. The van der Waals surface area contributed by atoms with Gasteiger partial charge in [0.15, 0.2) is 0 Å². The number of nitrogens with one attached hydrogen (secondary N) is 8. The molecule has 0 heterocycles. The molecule has 0 aliphatic rings. The molecular formula is C41H64N10O16. The molecule has 26 nitrogen and oxygen atoms in total. The molecule has 11 atom stereocenters. The number of hydrogen-bond donors (Lipinski definition) is 15. The van der Waals surface area contributed by atoms with Crippen molar-refractivity contribution in [2.24, 2.45) is 23.3 Å². The van der Waals surface area contributed by atoms with Crippen molar-refractivity contribution in [2.75, 3.05) is 13.2 Å². The van der Waals surface area contributed by atoms with Gasteiger partial charge in [0, 0.05) is 6.42 Å². The van der Waals surface area contributed by atoms with Crippen molar-refractivity contribution in [2.45, 2.75) is 128 Å². The van der Waals surface area contributed by atoms with E-state index >= 15 is 0 Å². The van der Waals surface area contributed by atoms with Crippen molar-refractivity contribution >= 4 is 65.1 Å². The molecule has 0 unspecified atom stereocenters. The minimum Gasteiger partial charge on any atom is -0.508 e. The molecular weight excluding hydrogens is 889 g/mol. The zero-order valence-corrected chi connectivity index (χ0v) is 38.0. The van der Waals surface area contributed by atoms with Crippen LogP contribution in [0.2, 0.25) is 0 Å². The van der Waals surface area contributed by atoms with E-state index in [1.54, 1.807) is 20.8 Å². The van der Waals surface area contributed by atoms with Gasteiger partial charge in [0.1, 0.15) is 54.1 Å². The molecule has 0 aromatic heterocycles. The molecule has 0 aliphatic carbocycles. The molecule has 1 aromatic rings. The minimum atomic E-state index is -1.98. The Labute approximate surface area is 385 Å².